The third-order valence-corrected chi connectivity index (χ3v) is 4.25. The van der Waals surface area contributed by atoms with Gasteiger partial charge in [-0.2, -0.15) is 0 Å². The van der Waals surface area contributed by atoms with E-state index >= 15 is 0 Å². The Labute approximate surface area is 165 Å². The van der Waals surface area contributed by atoms with Crippen LogP contribution in [0.4, 0.5) is 0 Å². The first kappa shape index (κ1) is 19.9. The predicted molar refractivity (Wildman–Crippen MR) is 108 cm³/mol. The average molecular weight is 386 g/mol. The van der Waals surface area contributed by atoms with Gasteiger partial charge in [0.25, 0.3) is 0 Å². The molecule has 0 spiro atoms. The Morgan fingerprint density at radius 1 is 0.857 bits per heavy atom. The largest absolute Gasteiger partial charge is 0.493 e. The number of epoxide rings is 1. The molecule has 150 valence electrons. The zero-order valence-corrected chi connectivity index (χ0v) is 16.7. The summed E-state index contributed by atoms with van der Waals surface area (Å²) in [6.45, 7) is 3.75. The highest BCUT2D eigenvalue weighted by Gasteiger charge is 2.23. The lowest BCUT2D eigenvalue weighted by molar-refractivity contribution is 0.252. The van der Waals surface area contributed by atoms with Gasteiger partial charge in [-0.1, -0.05) is 18.2 Å². The molecule has 1 aliphatic rings. The van der Waals surface area contributed by atoms with Crippen LogP contribution >= 0.6 is 0 Å². The Morgan fingerprint density at radius 3 is 2.04 bits per heavy atom. The molecule has 1 heterocycles. The molecule has 0 aromatic heterocycles. The van der Waals surface area contributed by atoms with Gasteiger partial charge in [0.15, 0.2) is 23.0 Å². The van der Waals surface area contributed by atoms with Crippen molar-refractivity contribution in [3.05, 3.63) is 41.5 Å². The van der Waals surface area contributed by atoms with Crippen LogP contribution in [0.2, 0.25) is 0 Å². The van der Waals surface area contributed by atoms with Crippen LogP contribution in [0.15, 0.2) is 30.3 Å². The molecule has 1 unspecified atom stereocenters. The van der Waals surface area contributed by atoms with Crippen molar-refractivity contribution in [1.82, 2.24) is 0 Å². The highest BCUT2D eigenvalue weighted by atomic mass is 16.6. The highest BCUT2D eigenvalue weighted by molar-refractivity contribution is 5.73. The first-order valence-electron chi connectivity index (χ1n) is 9.17. The average Bonchev–Trinajstić information content (AvgIpc) is 3.56. The normalized spacial score (nSPS) is 15.4. The smallest absolute Gasteiger partial charge is 0.203 e. The van der Waals surface area contributed by atoms with Crippen LogP contribution in [0.5, 0.6) is 28.7 Å². The molecule has 1 saturated heterocycles. The maximum atomic E-state index is 5.75. The lowest BCUT2D eigenvalue weighted by Crippen LogP contribution is -2.05. The number of hydrogen-bond acceptors (Lipinski definition) is 6. The summed E-state index contributed by atoms with van der Waals surface area (Å²) in [5.74, 6) is 3.26. The van der Waals surface area contributed by atoms with E-state index in [0.717, 1.165) is 17.7 Å². The molecule has 1 aliphatic heterocycles. The van der Waals surface area contributed by atoms with Crippen molar-refractivity contribution in [2.75, 3.05) is 41.2 Å². The second kappa shape index (κ2) is 9.37. The molecular weight excluding hydrogens is 360 g/mol. The first-order valence-corrected chi connectivity index (χ1v) is 9.17. The van der Waals surface area contributed by atoms with Gasteiger partial charge in [0, 0.05) is 0 Å². The Morgan fingerprint density at radius 2 is 1.46 bits per heavy atom. The standard InChI is InChI=1S/C22H26O6/c1-5-26-22-20(24-3)11-16(12-21(22)25-4)7-6-15-8-9-18(19(10-15)23-2)28-14-17-13-27-17/h6-12,17H,5,13-14H2,1-4H3/b7-6+. The van der Waals surface area contributed by atoms with Gasteiger partial charge < -0.3 is 28.4 Å². The molecule has 3 rings (SSSR count). The summed E-state index contributed by atoms with van der Waals surface area (Å²) in [6.07, 6.45) is 4.17. The molecule has 0 bridgehead atoms. The minimum atomic E-state index is 0.203. The maximum Gasteiger partial charge on any atom is 0.203 e. The van der Waals surface area contributed by atoms with Gasteiger partial charge in [-0.15, -0.1) is 0 Å². The van der Waals surface area contributed by atoms with E-state index in [0.29, 0.717) is 42.0 Å². The summed E-state index contributed by atoms with van der Waals surface area (Å²) < 4.78 is 32.9. The third-order valence-electron chi connectivity index (χ3n) is 4.25. The Hall–Kier alpha value is -2.86. The van der Waals surface area contributed by atoms with Crippen molar-refractivity contribution in [3.63, 3.8) is 0 Å². The van der Waals surface area contributed by atoms with E-state index in [2.05, 4.69) is 0 Å². The van der Waals surface area contributed by atoms with Gasteiger partial charge in [-0.05, 0) is 42.3 Å². The maximum absolute atomic E-state index is 5.75. The van der Waals surface area contributed by atoms with E-state index < -0.39 is 0 Å². The molecule has 1 atom stereocenters. The summed E-state index contributed by atoms with van der Waals surface area (Å²) in [5.41, 5.74) is 1.92. The minimum Gasteiger partial charge on any atom is -0.493 e. The zero-order chi connectivity index (χ0) is 19.9. The van der Waals surface area contributed by atoms with E-state index in [1.807, 2.05) is 49.4 Å². The Balaban J connectivity index is 1.80. The van der Waals surface area contributed by atoms with Crippen molar-refractivity contribution in [3.8, 4) is 28.7 Å². The second-order valence-corrected chi connectivity index (χ2v) is 6.20. The summed E-state index contributed by atoms with van der Waals surface area (Å²) in [7, 11) is 4.85. The number of ether oxygens (including phenoxy) is 6. The van der Waals surface area contributed by atoms with Crippen LogP contribution in [0.3, 0.4) is 0 Å². The van der Waals surface area contributed by atoms with Crippen molar-refractivity contribution in [2.45, 2.75) is 13.0 Å². The predicted octanol–water partition coefficient (Wildman–Crippen LogP) is 4.06. The molecule has 0 aliphatic carbocycles. The number of rotatable bonds is 10. The second-order valence-electron chi connectivity index (χ2n) is 6.20. The quantitative estimate of drug-likeness (QED) is 0.453. The summed E-state index contributed by atoms with van der Waals surface area (Å²) in [6, 6.07) is 9.64. The van der Waals surface area contributed by atoms with Crippen LogP contribution in [0.25, 0.3) is 12.2 Å². The van der Waals surface area contributed by atoms with Crippen LogP contribution < -0.4 is 23.7 Å². The fraction of sp³-hybridized carbons (Fsp3) is 0.364. The Bertz CT molecular complexity index is 801. The molecule has 0 radical (unpaired) electrons. The molecule has 6 nitrogen and oxygen atoms in total. The van der Waals surface area contributed by atoms with Gasteiger partial charge >= 0.3 is 0 Å². The van der Waals surface area contributed by atoms with E-state index in [4.69, 9.17) is 28.4 Å². The molecule has 0 N–H and O–H groups in total. The zero-order valence-electron chi connectivity index (χ0n) is 16.7. The molecule has 1 fully saturated rings. The molecule has 28 heavy (non-hydrogen) atoms. The van der Waals surface area contributed by atoms with Crippen LogP contribution in [-0.4, -0.2) is 47.3 Å². The fourth-order valence-electron chi connectivity index (χ4n) is 2.73. The third kappa shape index (κ3) is 4.89. The molecule has 2 aromatic carbocycles. The van der Waals surface area contributed by atoms with E-state index in [9.17, 15) is 0 Å². The van der Waals surface area contributed by atoms with Crippen LogP contribution in [-0.2, 0) is 4.74 Å². The first-order chi connectivity index (χ1) is 13.7. The van der Waals surface area contributed by atoms with Crippen LogP contribution in [0.1, 0.15) is 18.1 Å². The summed E-state index contributed by atoms with van der Waals surface area (Å²) in [5, 5.41) is 0. The van der Waals surface area contributed by atoms with Crippen molar-refractivity contribution >= 4 is 12.2 Å². The monoisotopic (exact) mass is 386 g/mol. The molecule has 6 heteroatoms. The summed E-state index contributed by atoms with van der Waals surface area (Å²) >= 11 is 0. The van der Waals surface area contributed by atoms with Gasteiger partial charge in [-0.25, -0.2) is 0 Å². The van der Waals surface area contributed by atoms with E-state index in [1.165, 1.54) is 0 Å². The highest BCUT2D eigenvalue weighted by Crippen LogP contribution is 2.39. The Kier molecular flexibility index (Phi) is 6.66. The number of benzene rings is 2. The van der Waals surface area contributed by atoms with Gasteiger partial charge in [0.2, 0.25) is 5.75 Å². The van der Waals surface area contributed by atoms with Crippen molar-refractivity contribution in [1.29, 1.82) is 0 Å². The fourth-order valence-corrected chi connectivity index (χ4v) is 2.73. The van der Waals surface area contributed by atoms with Gasteiger partial charge in [0.05, 0.1) is 34.5 Å². The minimum absolute atomic E-state index is 0.203. The van der Waals surface area contributed by atoms with Crippen molar-refractivity contribution < 1.29 is 28.4 Å². The van der Waals surface area contributed by atoms with E-state index in [1.54, 1.807) is 21.3 Å². The van der Waals surface area contributed by atoms with Crippen LogP contribution in [0, 0.1) is 0 Å². The van der Waals surface area contributed by atoms with Gasteiger partial charge in [-0.3, -0.25) is 0 Å². The lowest BCUT2D eigenvalue weighted by atomic mass is 10.1. The molecule has 0 saturated carbocycles. The molecule has 2 aromatic rings. The number of hydrogen-bond donors (Lipinski definition) is 0. The van der Waals surface area contributed by atoms with Gasteiger partial charge in [0.1, 0.15) is 12.7 Å². The lowest BCUT2D eigenvalue weighted by Gasteiger charge is -2.14. The summed E-state index contributed by atoms with van der Waals surface area (Å²) in [4.78, 5) is 0. The van der Waals surface area contributed by atoms with Crippen molar-refractivity contribution in [2.24, 2.45) is 0 Å². The topological polar surface area (TPSA) is 58.7 Å². The molecular formula is C22H26O6. The van der Waals surface area contributed by atoms with E-state index in [-0.39, 0.29) is 6.10 Å². The SMILES string of the molecule is CCOc1c(OC)cc(/C=C/c2ccc(OCC3CO3)c(OC)c2)cc1OC. The number of methoxy groups -OCH3 is 3. The molecule has 0 amide bonds.